The van der Waals surface area contributed by atoms with E-state index < -0.39 is 0 Å². The van der Waals surface area contributed by atoms with E-state index in [1.807, 2.05) is 24.9 Å². The first-order valence-electron chi connectivity index (χ1n) is 4.54. The number of halogens is 1. The van der Waals surface area contributed by atoms with Crippen molar-refractivity contribution in [3.63, 3.8) is 0 Å². The Bertz CT molecular complexity index is 374. The van der Waals surface area contributed by atoms with E-state index in [2.05, 4.69) is 27.6 Å². The molecule has 0 N–H and O–H groups in total. The molecule has 1 aliphatic heterocycles. The zero-order valence-corrected chi connectivity index (χ0v) is 10.4. The smallest absolute Gasteiger partial charge is 0.240 e. The molecule has 2 heterocycles. The second-order valence-corrected chi connectivity index (χ2v) is 5.00. The minimum Gasteiger partial charge on any atom is -0.317 e. The molecule has 1 aliphatic rings. The van der Waals surface area contributed by atoms with Gasteiger partial charge in [-0.05, 0) is 13.3 Å². The molecule has 0 saturated heterocycles. The van der Waals surface area contributed by atoms with Crippen LogP contribution in [0.4, 0.5) is 5.82 Å². The molecule has 76 valence electrons. The highest BCUT2D eigenvalue weighted by Gasteiger charge is 2.27. The van der Waals surface area contributed by atoms with Gasteiger partial charge < -0.3 is 4.57 Å². The van der Waals surface area contributed by atoms with Gasteiger partial charge in [-0.3, -0.25) is 9.69 Å². The third kappa shape index (κ3) is 1.43. The number of carbonyl (C=O) groups is 1. The van der Waals surface area contributed by atoms with Crippen LogP contribution < -0.4 is 4.90 Å². The Morgan fingerprint density at radius 1 is 1.64 bits per heavy atom. The van der Waals surface area contributed by atoms with Crippen molar-refractivity contribution < 1.29 is 4.79 Å². The third-order valence-electron chi connectivity index (χ3n) is 2.53. The van der Waals surface area contributed by atoms with Crippen LogP contribution >= 0.6 is 22.6 Å². The number of nitrogens with zero attached hydrogens (tertiary/aromatic N) is 3. The molecule has 0 fully saturated rings. The molecule has 0 spiro atoms. The van der Waals surface area contributed by atoms with Crippen molar-refractivity contribution in [3.05, 3.63) is 12.0 Å². The van der Waals surface area contributed by atoms with Gasteiger partial charge in [0.05, 0.1) is 15.9 Å². The second-order valence-electron chi connectivity index (χ2n) is 3.50. The number of hydrogen-bond acceptors (Lipinski definition) is 2. The topological polar surface area (TPSA) is 38.1 Å². The average Bonchev–Trinajstić information content (AvgIpc) is 2.49. The largest absolute Gasteiger partial charge is 0.317 e. The standard InChI is InChI=1S/C9H12IN3O/c1-6-8-12(2)9(14)7(10)3-4-13(8)5-11-6/h5,7H,3-4H2,1-2H3. The van der Waals surface area contributed by atoms with Crippen LogP contribution in [0.25, 0.3) is 0 Å². The second kappa shape index (κ2) is 3.52. The average molecular weight is 305 g/mol. The highest BCUT2D eigenvalue weighted by Crippen LogP contribution is 2.25. The van der Waals surface area contributed by atoms with E-state index >= 15 is 0 Å². The van der Waals surface area contributed by atoms with E-state index in [0.717, 1.165) is 24.5 Å². The fourth-order valence-electron chi connectivity index (χ4n) is 1.77. The lowest BCUT2D eigenvalue weighted by atomic mass is 10.3. The van der Waals surface area contributed by atoms with Crippen LogP contribution in [0.5, 0.6) is 0 Å². The fourth-order valence-corrected chi connectivity index (χ4v) is 2.46. The SMILES string of the molecule is Cc1ncn2c1N(C)C(=O)C(I)CC2. The van der Waals surface area contributed by atoms with Crippen molar-refractivity contribution in [2.45, 2.75) is 23.8 Å². The van der Waals surface area contributed by atoms with Crippen LogP contribution in [0.3, 0.4) is 0 Å². The molecular weight excluding hydrogens is 293 g/mol. The summed E-state index contributed by atoms with van der Waals surface area (Å²) in [5.74, 6) is 1.11. The molecule has 0 aliphatic carbocycles. The predicted molar refractivity (Wildman–Crippen MR) is 62.8 cm³/mol. The van der Waals surface area contributed by atoms with Crippen LogP contribution in [0, 0.1) is 6.92 Å². The first-order valence-corrected chi connectivity index (χ1v) is 5.79. The summed E-state index contributed by atoms with van der Waals surface area (Å²) >= 11 is 2.21. The Hall–Kier alpha value is -0.590. The third-order valence-corrected chi connectivity index (χ3v) is 3.68. The predicted octanol–water partition coefficient (Wildman–Crippen LogP) is 1.36. The summed E-state index contributed by atoms with van der Waals surface area (Å²) in [4.78, 5) is 17.8. The van der Waals surface area contributed by atoms with Crippen LogP contribution in [0.1, 0.15) is 12.1 Å². The van der Waals surface area contributed by atoms with Gasteiger partial charge >= 0.3 is 0 Å². The molecule has 4 nitrogen and oxygen atoms in total. The quantitative estimate of drug-likeness (QED) is 0.536. The molecule has 1 atom stereocenters. The normalized spacial score (nSPS) is 22.1. The molecule has 1 unspecified atom stereocenters. The molecule has 14 heavy (non-hydrogen) atoms. The van der Waals surface area contributed by atoms with Gasteiger partial charge in [0.1, 0.15) is 5.82 Å². The zero-order chi connectivity index (χ0) is 10.3. The number of carbonyl (C=O) groups excluding carboxylic acids is 1. The van der Waals surface area contributed by atoms with Crippen molar-refractivity contribution >= 4 is 34.3 Å². The number of hydrogen-bond donors (Lipinski definition) is 0. The van der Waals surface area contributed by atoms with E-state index in [-0.39, 0.29) is 9.83 Å². The summed E-state index contributed by atoms with van der Waals surface area (Å²) in [7, 11) is 1.82. The van der Waals surface area contributed by atoms with E-state index in [9.17, 15) is 4.79 Å². The van der Waals surface area contributed by atoms with Gasteiger partial charge in [-0.15, -0.1) is 0 Å². The number of alkyl halides is 1. The van der Waals surface area contributed by atoms with Crippen molar-refractivity contribution in [1.29, 1.82) is 0 Å². The number of aryl methyl sites for hydroxylation is 2. The number of anilines is 1. The van der Waals surface area contributed by atoms with E-state index in [1.54, 1.807) is 4.90 Å². The highest BCUT2D eigenvalue weighted by molar-refractivity contribution is 14.1. The van der Waals surface area contributed by atoms with E-state index in [0.29, 0.717) is 0 Å². The van der Waals surface area contributed by atoms with Crippen LogP contribution in [-0.4, -0.2) is 26.4 Å². The first-order chi connectivity index (χ1) is 6.61. The number of rotatable bonds is 0. The fraction of sp³-hybridized carbons (Fsp3) is 0.556. The lowest BCUT2D eigenvalue weighted by Gasteiger charge is -2.17. The maximum Gasteiger partial charge on any atom is 0.240 e. The molecule has 1 aromatic heterocycles. The number of aromatic nitrogens is 2. The van der Waals surface area contributed by atoms with Crippen molar-refractivity contribution in [2.75, 3.05) is 11.9 Å². The molecular formula is C9H12IN3O. The van der Waals surface area contributed by atoms with Crippen LogP contribution in [0.2, 0.25) is 0 Å². The molecule has 0 saturated carbocycles. The van der Waals surface area contributed by atoms with Gasteiger partial charge in [0.25, 0.3) is 0 Å². The van der Waals surface area contributed by atoms with Crippen LogP contribution in [0.15, 0.2) is 6.33 Å². The van der Waals surface area contributed by atoms with Gasteiger partial charge in [-0.2, -0.15) is 0 Å². The van der Waals surface area contributed by atoms with Gasteiger partial charge in [0, 0.05) is 13.6 Å². The molecule has 0 radical (unpaired) electrons. The Morgan fingerprint density at radius 3 is 3.07 bits per heavy atom. The molecule has 1 aromatic rings. The van der Waals surface area contributed by atoms with Crippen molar-refractivity contribution in [3.8, 4) is 0 Å². The first kappa shape index (κ1) is 9.95. The summed E-state index contributed by atoms with van der Waals surface area (Å²) < 4.78 is 2.13. The van der Waals surface area contributed by atoms with Gasteiger partial charge in [-0.25, -0.2) is 4.98 Å². The Balaban J connectivity index is 2.47. The Kier molecular flexibility index (Phi) is 2.50. The number of amides is 1. The number of fused-ring (bicyclic) bond motifs is 1. The van der Waals surface area contributed by atoms with E-state index in [4.69, 9.17) is 0 Å². The summed E-state index contributed by atoms with van der Waals surface area (Å²) in [6, 6.07) is 0. The van der Waals surface area contributed by atoms with Gasteiger partial charge in [-0.1, -0.05) is 22.6 Å². The maximum atomic E-state index is 11.8. The lowest BCUT2D eigenvalue weighted by molar-refractivity contribution is -0.117. The van der Waals surface area contributed by atoms with Gasteiger partial charge in [0.15, 0.2) is 0 Å². The number of imidazole rings is 1. The molecule has 5 heteroatoms. The van der Waals surface area contributed by atoms with Crippen molar-refractivity contribution in [2.24, 2.45) is 0 Å². The van der Waals surface area contributed by atoms with Crippen molar-refractivity contribution in [1.82, 2.24) is 9.55 Å². The highest BCUT2D eigenvalue weighted by atomic mass is 127. The molecule has 1 amide bonds. The molecule has 2 rings (SSSR count). The summed E-state index contributed by atoms with van der Waals surface area (Å²) in [5.41, 5.74) is 0.923. The van der Waals surface area contributed by atoms with E-state index in [1.165, 1.54) is 0 Å². The zero-order valence-electron chi connectivity index (χ0n) is 8.20. The monoisotopic (exact) mass is 305 g/mol. The lowest BCUT2D eigenvalue weighted by Crippen LogP contribution is -2.32. The Labute approximate surface area is 96.4 Å². The Morgan fingerprint density at radius 2 is 2.36 bits per heavy atom. The minimum absolute atomic E-state index is 0.0805. The molecule has 0 aromatic carbocycles. The maximum absolute atomic E-state index is 11.8. The summed E-state index contributed by atoms with van der Waals surface area (Å²) in [5, 5.41) is 0. The van der Waals surface area contributed by atoms with Gasteiger partial charge in [0.2, 0.25) is 5.91 Å². The summed E-state index contributed by atoms with van der Waals surface area (Å²) in [6.45, 7) is 2.81. The molecule has 0 bridgehead atoms. The minimum atomic E-state index is 0.0805. The summed E-state index contributed by atoms with van der Waals surface area (Å²) in [6.07, 6.45) is 2.69. The van der Waals surface area contributed by atoms with Crippen LogP contribution in [-0.2, 0) is 11.3 Å².